The van der Waals surface area contributed by atoms with Gasteiger partial charge in [0.05, 0.1) is 0 Å². The summed E-state index contributed by atoms with van der Waals surface area (Å²) in [7, 11) is 0. The largest absolute Gasteiger partial charge is 0.489 e. The third kappa shape index (κ3) is 2.98. The fraction of sp³-hybridized carbons (Fsp3) is 0.0714. The Morgan fingerprint density at radius 2 is 1.81 bits per heavy atom. The molecule has 0 bridgehead atoms. The lowest BCUT2D eigenvalue weighted by atomic mass is 10.2. The summed E-state index contributed by atoms with van der Waals surface area (Å²) in [5.41, 5.74) is 2.18. The zero-order valence-electron chi connectivity index (χ0n) is 8.82. The highest BCUT2D eigenvalue weighted by atomic mass is 127. The molecule has 2 heteroatoms. The molecular weight excluding hydrogens is 311 g/mol. The van der Waals surface area contributed by atoms with Crippen molar-refractivity contribution >= 4 is 22.6 Å². The molecule has 0 unspecified atom stereocenters. The van der Waals surface area contributed by atoms with Crippen LogP contribution in [-0.2, 0) is 6.61 Å². The highest BCUT2D eigenvalue weighted by molar-refractivity contribution is 14.1. The van der Waals surface area contributed by atoms with Gasteiger partial charge in [-0.1, -0.05) is 30.3 Å². The Kier molecular flexibility index (Phi) is 3.83. The first-order valence-corrected chi connectivity index (χ1v) is 6.12. The fourth-order valence-electron chi connectivity index (χ4n) is 1.38. The van der Waals surface area contributed by atoms with Crippen molar-refractivity contribution in [2.45, 2.75) is 6.61 Å². The van der Waals surface area contributed by atoms with E-state index >= 15 is 0 Å². The molecule has 0 aliphatic heterocycles. The Hall–Kier alpha value is -1.03. The maximum atomic E-state index is 5.68. The van der Waals surface area contributed by atoms with E-state index in [1.807, 2.05) is 36.4 Å². The summed E-state index contributed by atoms with van der Waals surface area (Å²) < 4.78 is 6.84. The molecule has 0 aliphatic rings. The summed E-state index contributed by atoms with van der Waals surface area (Å²) in [6.45, 7) is 4.55. The molecular formula is C14H12IO. The van der Waals surface area contributed by atoms with Crippen molar-refractivity contribution in [2.24, 2.45) is 0 Å². The van der Waals surface area contributed by atoms with Crippen molar-refractivity contribution in [1.29, 1.82) is 0 Å². The van der Waals surface area contributed by atoms with E-state index in [4.69, 9.17) is 4.74 Å². The Morgan fingerprint density at radius 3 is 2.50 bits per heavy atom. The standard InChI is InChI=1S/C14H12IO/c1-11-9-13(7-8-14(11)15)16-10-12-5-3-2-4-6-12/h2-9H,1,10H2. The molecule has 2 rings (SSSR count). The third-order valence-electron chi connectivity index (χ3n) is 2.27. The van der Waals surface area contributed by atoms with Crippen LogP contribution in [0.25, 0.3) is 0 Å². The minimum absolute atomic E-state index is 0.598. The molecule has 0 saturated heterocycles. The number of benzene rings is 2. The SMILES string of the molecule is [CH2]c1cc(OCc2ccccc2)ccc1I. The second kappa shape index (κ2) is 5.34. The van der Waals surface area contributed by atoms with Gasteiger partial charge in [-0.2, -0.15) is 0 Å². The van der Waals surface area contributed by atoms with Gasteiger partial charge in [-0.05, 0) is 58.8 Å². The van der Waals surface area contributed by atoms with Gasteiger partial charge in [0.1, 0.15) is 12.4 Å². The van der Waals surface area contributed by atoms with Crippen LogP contribution < -0.4 is 4.74 Å². The van der Waals surface area contributed by atoms with Crippen molar-refractivity contribution in [1.82, 2.24) is 0 Å². The molecule has 0 fully saturated rings. The lowest BCUT2D eigenvalue weighted by Crippen LogP contribution is -1.95. The number of rotatable bonds is 3. The molecule has 2 aromatic carbocycles. The first-order valence-electron chi connectivity index (χ1n) is 5.04. The van der Waals surface area contributed by atoms with Crippen LogP contribution in [0.3, 0.4) is 0 Å². The van der Waals surface area contributed by atoms with Gasteiger partial charge in [0.2, 0.25) is 0 Å². The van der Waals surface area contributed by atoms with Crippen molar-refractivity contribution < 1.29 is 4.74 Å². The van der Waals surface area contributed by atoms with Gasteiger partial charge < -0.3 is 4.74 Å². The highest BCUT2D eigenvalue weighted by Crippen LogP contribution is 2.19. The average molecular weight is 323 g/mol. The molecule has 0 aliphatic carbocycles. The normalized spacial score (nSPS) is 10.1. The van der Waals surface area contributed by atoms with Crippen molar-refractivity contribution in [3.05, 3.63) is 70.2 Å². The minimum Gasteiger partial charge on any atom is -0.489 e. The zero-order valence-corrected chi connectivity index (χ0v) is 11.0. The van der Waals surface area contributed by atoms with Crippen LogP contribution in [0.5, 0.6) is 5.75 Å². The van der Waals surface area contributed by atoms with Crippen LogP contribution in [0.1, 0.15) is 11.1 Å². The first-order chi connectivity index (χ1) is 7.75. The summed E-state index contributed by atoms with van der Waals surface area (Å²) in [6.07, 6.45) is 0. The second-order valence-corrected chi connectivity index (χ2v) is 4.69. The predicted octanol–water partition coefficient (Wildman–Crippen LogP) is 4.05. The van der Waals surface area contributed by atoms with E-state index in [0.717, 1.165) is 14.9 Å². The average Bonchev–Trinajstić information content (AvgIpc) is 2.32. The topological polar surface area (TPSA) is 9.23 Å². The van der Waals surface area contributed by atoms with E-state index in [0.29, 0.717) is 6.61 Å². The van der Waals surface area contributed by atoms with E-state index in [2.05, 4.69) is 41.6 Å². The van der Waals surface area contributed by atoms with E-state index < -0.39 is 0 Å². The Balaban J connectivity index is 2.03. The molecule has 16 heavy (non-hydrogen) atoms. The molecule has 0 aromatic heterocycles. The maximum absolute atomic E-state index is 5.68. The smallest absolute Gasteiger partial charge is 0.120 e. The molecule has 0 spiro atoms. The van der Waals surface area contributed by atoms with Crippen LogP contribution >= 0.6 is 22.6 Å². The van der Waals surface area contributed by atoms with Gasteiger partial charge in [-0.3, -0.25) is 0 Å². The Labute approximate surface area is 110 Å². The number of hydrogen-bond acceptors (Lipinski definition) is 1. The molecule has 1 radical (unpaired) electrons. The summed E-state index contributed by atoms with van der Waals surface area (Å²) in [5.74, 6) is 0.870. The van der Waals surface area contributed by atoms with Gasteiger partial charge in [0, 0.05) is 3.57 Å². The molecule has 1 nitrogen and oxygen atoms in total. The van der Waals surface area contributed by atoms with E-state index in [9.17, 15) is 0 Å². The first kappa shape index (κ1) is 11.5. The summed E-state index contributed by atoms with van der Waals surface area (Å²) >= 11 is 2.26. The third-order valence-corrected chi connectivity index (χ3v) is 3.32. The summed E-state index contributed by atoms with van der Waals surface area (Å²) in [6, 6.07) is 16.1. The Bertz CT molecular complexity index is 465. The van der Waals surface area contributed by atoms with Crippen LogP contribution in [0.2, 0.25) is 0 Å². The summed E-state index contributed by atoms with van der Waals surface area (Å²) in [5, 5.41) is 0. The fourth-order valence-corrected chi connectivity index (χ4v) is 1.72. The van der Waals surface area contributed by atoms with Crippen molar-refractivity contribution in [3.63, 3.8) is 0 Å². The maximum Gasteiger partial charge on any atom is 0.120 e. The van der Waals surface area contributed by atoms with Gasteiger partial charge in [-0.15, -0.1) is 0 Å². The molecule has 0 heterocycles. The Morgan fingerprint density at radius 1 is 1.06 bits per heavy atom. The minimum atomic E-state index is 0.598. The van der Waals surface area contributed by atoms with E-state index in [1.165, 1.54) is 5.56 Å². The second-order valence-electron chi connectivity index (χ2n) is 3.53. The van der Waals surface area contributed by atoms with E-state index in [-0.39, 0.29) is 0 Å². The quantitative estimate of drug-likeness (QED) is 0.774. The van der Waals surface area contributed by atoms with Gasteiger partial charge in [-0.25, -0.2) is 0 Å². The van der Waals surface area contributed by atoms with Crippen molar-refractivity contribution in [3.8, 4) is 5.75 Å². The number of halogens is 1. The highest BCUT2D eigenvalue weighted by Gasteiger charge is 1.98. The van der Waals surface area contributed by atoms with E-state index in [1.54, 1.807) is 0 Å². The van der Waals surface area contributed by atoms with Gasteiger partial charge in [0.25, 0.3) is 0 Å². The van der Waals surface area contributed by atoms with Crippen LogP contribution in [0.15, 0.2) is 48.5 Å². The lowest BCUT2D eigenvalue weighted by molar-refractivity contribution is 0.306. The predicted molar refractivity (Wildman–Crippen MR) is 74.4 cm³/mol. The molecule has 0 saturated carbocycles. The van der Waals surface area contributed by atoms with Gasteiger partial charge >= 0.3 is 0 Å². The molecule has 81 valence electrons. The molecule has 2 aromatic rings. The monoisotopic (exact) mass is 323 g/mol. The number of ether oxygens (including phenoxy) is 1. The van der Waals surface area contributed by atoms with Gasteiger partial charge in [0.15, 0.2) is 0 Å². The summed E-state index contributed by atoms with van der Waals surface area (Å²) in [4.78, 5) is 0. The van der Waals surface area contributed by atoms with Crippen LogP contribution in [0.4, 0.5) is 0 Å². The lowest BCUT2D eigenvalue weighted by Gasteiger charge is -2.07. The van der Waals surface area contributed by atoms with Crippen molar-refractivity contribution in [2.75, 3.05) is 0 Å². The van der Waals surface area contributed by atoms with Crippen LogP contribution in [0, 0.1) is 10.5 Å². The number of hydrogen-bond donors (Lipinski definition) is 0. The zero-order chi connectivity index (χ0) is 11.4. The molecule has 0 amide bonds. The van der Waals surface area contributed by atoms with Crippen LogP contribution in [-0.4, -0.2) is 0 Å². The molecule has 0 atom stereocenters. The molecule has 0 N–H and O–H groups in total.